The molecule has 0 atom stereocenters. The van der Waals surface area contributed by atoms with Crippen molar-refractivity contribution in [2.45, 2.75) is 0 Å². The number of anilines is 1. The first-order valence-corrected chi connectivity index (χ1v) is 4.74. The predicted octanol–water partition coefficient (Wildman–Crippen LogP) is -0.0448. The molecule has 5 heteroatoms. The largest absolute Gasteiger partial charge is 0.383 e. The maximum absolute atomic E-state index is 11.6. The van der Waals surface area contributed by atoms with Gasteiger partial charge in [-0.3, -0.25) is 4.79 Å². The van der Waals surface area contributed by atoms with Gasteiger partial charge in [-0.25, -0.2) is 4.98 Å². The maximum atomic E-state index is 11.6. The van der Waals surface area contributed by atoms with Crippen LogP contribution in [0.3, 0.4) is 0 Å². The number of hydrogen-bond acceptors (Lipinski definition) is 4. The van der Waals surface area contributed by atoms with E-state index < -0.39 is 0 Å². The lowest BCUT2D eigenvalue weighted by Gasteiger charge is -2.10. The molecule has 0 aliphatic rings. The number of nitrogens with two attached hydrogens (primary N) is 1. The van der Waals surface area contributed by atoms with Crippen LogP contribution in [0.2, 0.25) is 0 Å². The van der Waals surface area contributed by atoms with Crippen LogP contribution < -0.4 is 11.1 Å². The second-order valence-electron chi connectivity index (χ2n) is 3.50. The van der Waals surface area contributed by atoms with E-state index in [1.807, 2.05) is 19.0 Å². The third-order valence-electron chi connectivity index (χ3n) is 1.93. The summed E-state index contributed by atoms with van der Waals surface area (Å²) in [6, 6.07) is 3.35. The van der Waals surface area contributed by atoms with Crippen LogP contribution >= 0.6 is 0 Å². The lowest BCUT2D eigenvalue weighted by Crippen LogP contribution is -2.31. The van der Waals surface area contributed by atoms with E-state index in [1.54, 1.807) is 18.3 Å². The van der Waals surface area contributed by atoms with Crippen LogP contribution in [0.4, 0.5) is 5.82 Å². The smallest absolute Gasteiger partial charge is 0.255 e. The minimum atomic E-state index is -0.178. The van der Waals surface area contributed by atoms with E-state index in [1.165, 1.54) is 0 Å². The van der Waals surface area contributed by atoms with Gasteiger partial charge in [0.25, 0.3) is 5.91 Å². The second kappa shape index (κ2) is 5.31. The molecule has 0 aliphatic carbocycles. The van der Waals surface area contributed by atoms with E-state index in [2.05, 4.69) is 10.3 Å². The van der Waals surface area contributed by atoms with Crippen molar-refractivity contribution < 1.29 is 4.79 Å². The van der Waals surface area contributed by atoms with Gasteiger partial charge in [0.2, 0.25) is 0 Å². The molecule has 1 aromatic rings. The van der Waals surface area contributed by atoms with Crippen molar-refractivity contribution in [2.75, 3.05) is 32.9 Å². The number of nitrogens with one attached hydrogen (secondary N) is 1. The Bertz CT molecular complexity index is 338. The molecule has 0 aromatic carbocycles. The van der Waals surface area contributed by atoms with Crippen molar-refractivity contribution in [3.63, 3.8) is 0 Å². The molecule has 0 radical (unpaired) electrons. The zero-order valence-corrected chi connectivity index (χ0v) is 9.03. The molecule has 5 nitrogen and oxygen atoms in total. The number of hydrogen-bond donors (Lipinski definition) is 2. The third-order valence-corrected chi connectivity index (χ3v) is 1.93. The van der Waals surface area contributed by atoms with Crippen molar-refractivity contribution in [1.82, 2.24) is 15.2 Å². The number of pyridine rings is 1. The fourth-order valence-corrected chi connectivity index (χ4v) is 1.10. The fraction of sp³-hybridized carbons (Fsp3) is 0.400. The molecule has 0 unspecified atom stereocenters. The predicted molar refractivity (Wildman–Crippen MR) is 59.5 cm³/mol. The minimum Gasteiger partial charge on any atom is -0.383 e. The summed E-state index contributed by atoms with van der Waals surface area (Å²) >= 11 is 0. The average Bonchev–Trinajstić information content (AvgIpc) is 2.17. The van der Waals surface area contributed by atoms with Crippen LogP contribution in [0, 0.1) is 0 Å². The zero-order valence-electron chi connectivity index (χ0n) is 9.03. The Morgan fingerprint density at radius 2 is 2.33 bits per heavy atom. The van der Waals surface area contributed by atoms with Crippen molar-refractivity contribution in [1.29, 1.82) is 0 Å². The average molecular weight is 208 g/mol. The Morgan fingerprint density at radius 1 is 1.60 bits per heavy atom. The maximum Gasteiger partial charge on any atom is 0.255 e. The SMILES string of the molecule is CN(C)CCNC(=O)c1cccnc1N. The van der Waals surface area contributed by atoms with Gasteiger partial charge in [-0.1, -0.05) is 0 Å². The van der Waals surface area contributed by atoms with Crippen molar-refractivity contribution in [3.8, 4) is 0 Å². The van der Waals surface area contributed by atoms with Gasteiger partial charge in [-0.05, 0) is 26.2 Å². The Morgan fingerprint density at radius 3 is 2.93 bits per heavy atom. The van der Waals surface area contributed by atoms with Crippen LogP contribution in [0.1, 0.15) is 10.4 Å². The molecular weight excluding hydrogens is 192 g/mol. The fourth-order valence-electron chi connectivity index (χ4n) is 1.10. The van der Waals surface area contributed by atoms with Gasteiger partial charge in [-0.15, -0.1) is 0 Å². The Balaban J connectivity index is 2.51. The number of rotatable bonds is 4. The molecule has 1 heterocycles. The first-order valence-electron chi connectivity index (χ1n) is 4.74. The molecule has 0 fully saturated rings. The first kappa shape index (κ1) is 11.5. The molecule has 1 rings (SSSR count). The van der Waals surface area contributed by atoms with Crippen LogP contribution in [-0.4, -0.2) is 43.0 Å². The Labute approximate surface area is 89.3 Å². The third kappa shape index (κ3) is 3.55. The molecule has 0 saturated carbocycles. The molecule has 0 aliphatic heterocycles. The monoisotopic (exact) mass is 208 g/mol. The van der Waals surface area contributed by atoms with Gasteiger partial charge in [0.1, 0.15) is 5.82 Å². The molecule has 15 heavy (non-hydrogen) atoms. The molecule has 3 N–H and O–H groups in total. The van der Waals surface area contributed by atoms with E-state index in [9.17, 15) is 4.79 Å². The Kier molecular flexibility index (Phi) is 4.05. The van der Waals surface area contributed by atoms with E-state index >= 15 is 0 Å². The quantitative estimate of drug-likeness (QED) is 0.728. The molecule has 0 bridgehead atoms. The summed E-state index contributed by atoms with van der Waals surface area (Å²) < 4.78 is 0. The van der Waals surface area contributed by atoms with Crippen molar-refractivity contribution >= 4 is 11.7 Å². The van der Waals surface area contributed by atoms with Crippen LogP contribution in [0.5, 0.6) is 0 Å². The van der Waals surface area contributed by atoms with Crippen molar-refractivity contribution in [2.24, 2.45) is 0 Å². The lowest BCUT2D eigenvalue weighted by atomic mass is 10.2. The van der Waals surface area contributed by atoms with Gasteiger partial charge in [0, 0.05) is 19.3 Å². The zero-order chi connectivity index (χ0) is 11.3. The number of amides is 1. The highest BCUT2D eigenvalue weighted by Crippen LogP contribution is 2.05. The topological polar surface area (TPSA) is 71.2 Å². The van der Waals surface area contributed by atoms with E-state index in [4.69, 9.17) is 5.73 Å². The van der Waals surface area contributed by atoms with Crippen molar-refractivity contribution in [3.05, 3.63) is 23.9 Å². The summed E-state index contributed by atoms with van der Waals surface area (Å²) in [7, 11) is 3.90. The first-order chi connectivity index (χ1) is 7.11. The van der Waals surface area contributed by atoms with Crippen LogP contribution in [0.25, 0.3) is 0 Å². The normalized spacial score (nSPS) is 10.3. The van der Waals surface area contributed by atoms with E-state index in [-0.39, 0.29) is 11.7 Å². The summed E-state index contributed by atoms with van der Waals surface area (Å²) in [5.41, 5.74) is 6.00. The highest BCUT2D eigenvalue weighted by Gasteiger charge is 2.08. The molecular formula is C10H16N4O. The molecule has 1 aromatic heterocycles. The number of nitrogen functional groups attached to an aromatic ring is 1. The summed E-state index contributed by atoms with van der Waals surface area (Å²) in [4.78, 5) is 17.4. The second-order valence-corrected chi connectivity index (χ2v) is 3.50. The highest BCUT2D eigenvalue weighted by molar-refractivity contribution is 5.98. The molecule has 0 saturated heterocycles. The van der Waals surface area contributed by atoms with Gasteiger partial charge < -0.3 is 16.0 Å². The van der Waals surface area contributed by atoms with Gasteiger partial charge in [0.05, 0.1) is 5.56 Å². The minimum absolute atomic E-state index is 0.178. The summed E-state index contributed by atoms with van der Waals surface area (Å²) in [5, 5.41) is 2.77. The molecule has 0 spiro atoms. The van der Waals surface area contributed by atoms with Gasteiger partial charge in [0.15, 0.2) is 0 Å². The summed E-state index contributed by atoms with van der Waals surface area (Å²) in [6.07, 6.45) is 1.56. The summed E-state index contributed by atoms with van der Waals surface area (Å²) in [6.45, 7) is 1.39. The summed E-state index contributed by atoms with van der Waals surface area (Å²) in [5.74, 6) is 0.0855. The standard InChI is InChI=1S/C10H16N4O/c1-14(2)7-6-13-10(15)8-4-3-5-12-9(8)11/h3-5H,6-7H2,1-2H3,(H2,11,12)(H,13,15). The highest BCUT2D eigenvalue weighted by atomic mass is 16.1. The number of likely N-dealkylation sites (N-methyl/N-ethyl adjacent to an activating group) is 1. The van der Waals surface area contributed by atoms with E-state index in [0.29, 0.717) is 12.1 Å². The lowest BCUT2D eigenvalue weighted by molar-refractivity contribution is 0.0951. The number of nitrogens with zero attached hydrogens (tertiary/aromatic N) is 2. The molecule has 82 valence electrons. The number of carbonyl (C=O) groups is 1. The van der Waals surface area contributed by atoms with E-state index in [0.717, 1.165) is 6.54 Å². The molecule has 1 amide bonds. The number of aromatic nitrogens is 1. The van der Waals surface area contributed by atoms with Crippen LogP contribution in [0.15, 0.2) is 18.3 Å². The van der Waals surface area contributed by atoms with Gasteiger partial charge in [-0.2, -0.15) is 0 Å². The Hall–Kier alpha value is -1.62. The number of carbonyl (C=O) groups excluding carboxylic acids is 1. The van der Waals surface area contributed by atoms with Crippen LogP contribution in [-0.2, 0) is 0 Å². The van der Waals surface area contributed by atoms with Gasteiger partial charge >= 0.3 is 0 Å².